The molecule has 1 aliphatic heterocycles. The zero-order valence-electron chi connectivity index (χ0n) is 10.6. The number of benzene rings is 1. The first-order valence-electron chi connectivity index (χ1n) is 6.31. The highest BCUT2D eigenvalue weighted by molar-refractivity contribution is 6.35. The van der Waals surface area contributed by atoms with Crippen LogP contribution in [0.25, 0.3) is 0 Å². The number of ketones is 1. The Labute approximate surface area is 116 Å². The number of halogens is 1. The quantitative estimate of drug-likeness (QED) is 0.658. The number of rotatable bonds is 3. The Morgan fingerprint density at radius 1 is 1.42 bits per heavy atom. The minimum atomic E-state index is -1.58. The highest BCUT2D eigenvalue weighted by Gasteiger charge is 2.40. The van der Waals surface area contributed by atoms with Gasteiger partial charge in [0.05, 0.1) is 0 Å². The number of aryl methyl sites for hydroxylation is 1. The second-order valence-corrected chi connectivity index (χ2v) is 5.46. The minimum Gasteiger partial charge on any atom is -0.450 e. The highest BCUT2D eigenvalue weighted by atomic mass is 35.5. The van der Waals surface area contributed by atoms with Gasteiger partial charge in [-0.15, -0.1) is 0 Å². The van der Waals surface area contributed by atoms with Crippen molar-refractivity contribution in [2.24, 2.45) is 0 Å². The van der Waals surface area contributed by atoms with E-state index in [2.05, 4.69) is 10.9 Å². The number of carbonyl (C=O) groups excluding carboxylic acids is 1. The zero-order chi connectivity index (χ0) is 13.5. The van der Waals surface area contributed by atoms with Gasteiger partial charge in [-0.1, -0.05) is 18.2 Å². The Hall–Kier alpha value is -1.52. The van der Waals surface area contributed by atoms with Crippen LogP contribution in [0, 0.1) is 6.92 Å². The molecule has 1 saturated carbocycles. The summed E-state index contributed by atoms with van der Waals surface area (Å²) < 4.78 is 5.81. The lowest BCUT2D eigenvalue weighted by atomic mass is 10.1. The molecule has 3 rings (SSSR count). The SMILES string of the molecule is Cc1cccc(C2CC2)c1OC1(Cl)NNC=CC1=O. The number of para-hydroxylation sites is 1. The molecule has 1 aromatic carbocycles. The van der Waals surface area contributed by atoms with Crippen LogP contribution in [0.5, 0.6) is 5.75 Å². The van der Waals surface area contributed by atoms with Gasteiger partial charge in [0.15, 0.2) is 0 Å². The monoisotopic (exact) mass is 278 g/mol. The van der Waals surface area contributed by atoms with Crippen LogP contribution in [-0.4, -0.2) is 11.0 Å². The van der Waals surface area contributed by atoms with Crippen molar-refractivity contribution in [3.63, 3.8) is 0 Å². The van der Waals surface area contributed by atoms with Crippen molar-refractivity contribution in [2.75, 3.05) is 0 Å². The predicted molar refractivity (Wildman–Crippen MR) is 72.8 cm³/mol. The van der Waals surface area contributed by atoms with Crippen LogP contribution < -0.4 is 15.6 Å². The molecule has 19 heavy (non-hydrogen) atoms. The molecule has 100 valence electrons. The molecule has 5 heteroatoms. The average Bonchev–Trinajstić information content (AvgIpc) is 3.20. The van der Waals surface area contributed by atoms with Crippen molar-refractivity contribution >= 4 is 17.4 Å². The third kappa shape index (κ3) is 2.33. The minimum absolute atomic E-state index is 0.321. The van der Waals surface area contributed by atoms with Crippen molar-refractivity contribution in [1.82, 2.24) is 10.9 Å². The molecule has 1 heterocycles. The third-order valence-electron chi connectivity index (χ3n) is 3.37. The van der Waals surface area contributed by atoms with Crippen LogP contribution in [0.1, 0.15) is 29.9 Å². The Morgan fingerprint density at radius 2 is 2.21 bits per heavy atom. The third-order valence-corrected chi connectivity index (χ3v) is 3.73. The predicted octanol–water partition coefficient (Wildman–Crippen LogP) is 2.33. The molecular weight excluding hydrogens is 264 g/mol. The second-order valence-electron chi connectivity index (χ2n) is 4.93. The first-order valence-corrected chi connectivity index (χ1v) is 6.69. The lowest BCUT2D eigenvalue weighted by Crippen LogP contribution is -2.58. The summed E-state index contributed by atoms with van der Waals surface area (Å²) in [6.07, 6.45) is 5.17. The number of alkyl halides is 1. The number of nitrogens with one attached hydrogen (secondary N) is 2. The fourth-order valence-corrected chi connectivity index (χ4v) is 2.36. The van der Waals surface area contributed by atoms with Crippen LogP contribution in [0.3, 0.4) is 0 Å². The first-order chi connectivity index (χ1) is 9.10. The van der Waals surface area contributed by atoms with Gasteiger partial charge >= 0.3 is 5.18 Å². The Balaban J connectivity index is 1.94. The fourth-order valence-electron chi connectivity index (χ4n) is 2.17. The molecule has 0 radical (unpaired) electrons. The number of hydrazine groups is 1. The molecule has 0 amide bonds. The molecule has 1 atom stereocenters. The van der Waals surface area contributed by atoms with Crippen molar-refractivity contribution < 1.29 is 9.53 Å². The largest absolute Gasteiger partial charge is 0.450 e. The Morgan fingerprint density at radius 3 is 2.89 bits per heavy atom. The molecule has 1 fully saturated rings. The van der Waals surface area contributed by atoms with Crippen LogP contribution in [0.15, 0.2) is 30.5 Å². The van der Waals surface area contributed by atoms with E-state index >= 15 is 0 Å². The molecule has 2 aliphatic rings. The van der Waals surface area contributed by atoms with Crippen molar-refractivity contribution in [3.8, 4) is 5.75 Å². The maximum absolute atomic E-state index is 11.9. The van der Waals surface area contributed by atoms with E-state index in [1.807, 2.05) is 25.1 Å². The van der Waals surface area contributed by atoms with Gasteiger partial charge in [-0.05, 0) is 48.4 Å². The molecule has 2 N–H and O–H groups in total. The molecule has 1 aliphatic carbocycles. The van der Waals surface area contributed by atoms with Crippen LogP contribution in [-0.2, 0) is 4.79 Å². The van der Waals surface area contributed by atoms with Gasteiger partial charge in [-0.2, -0.15) is 5.43 Å². The normalized spacial score (nSPS) is 26.1. The lowest BCUT2D eigenvalue weighted by Gasteiger charge is -2.30. The van der Waals surface area contributed by atoms with Crippen molar-refractivity contribution in [1.29, 1.82) is 0 Å². The molecule has 0 spiro atoms. The van der Waals surface area contributed by atoms with Crippen molar-refractivity contribution in [3.05, 3.63) is 41.6 Å². The van der Waals surface area contributed by atoms with E-state index in [1.165, 1.54) is 12.3 Å². The van der Waals surface area contributed by atoms with Gasteiger partial charge in [-0.3, -0.25) is 4.79 Å². The van der Waals surface area contributed by atoms with Crippen molar-refractivity contribution in [2.45, 2.75) is 30.9 Å². The van der Waals surface area contributed by atoms with E-state index in [4.69, 9.17) is 16.3 Å². The topological polar surface area (TPSA) is 50.4 Å². The Kier molecular flexibility index (Phi) is 2.99. The number of ether oxygens (including phenoxy) is 1. The average molecular weight is 279 g/mol. The summed E-state index contributed by atoms with van der Waals surface area (Å²) >= 11 is 6.23. The molecular formula is C14H15ClN2O2. The summed E-state index contributed by atoms with van der Waals surface area (Å²) in [5.74, 6) is 0.910. The molecule has 0 bridgehead atoms. The Bertz CT molecular complexity index is 554. The molecule has 0 aromatic heterocycles. The molecule has 0 saturated heterocycles. The lowest BCUT2D eigenvalue weighted by molar-refractivity contribution is -0.126. The summed E-state index contributed by atoms with van der Waals surface area (Å²) in [6.45, 7) is 1.96. The molecule has 1 aromatic rings. The van der Waals surface area contributed by atoms with E-state index in [0.717, 1.165) is 24.0 Å². The first kappa shape index (κ1) is 12.5. The summed E-state index contributed by atoms with van der Waals surface area (Å²) in [5.41, 5.74) is 7.47. The summed E-state index contributed by atoms with van der Waals surface area (Å²) in [5, 5.41) is -1.58. The van der Waals surface area contributed by atoms with E-state index in [9.17, 15) is 4.79 Å². The van der Waals surface area contributed by atoms with Gasteiger partial charge in [0.2, 0.25) is 5.78 Å². The van der Waals surface area contributed by atoms with Crippen LogP contribution in [0.2, 0.25) is 0 Å². The maximum atomic E-state index is 11.9. The van der Waals surface area contributed by atoms with Gasteiger partial charge in [-0.25, -0.2) is 0 Å². The number of carbonyl (C=O) groups is 1. The standard InChI is InChI=1S/C14H15ClN2O2/c1-9-3-2-4-11(10-5-6-10)13(9)19-14(15)12(18)7-8-16-17-14/h2-4,7-8,10,16-17H,5-6H2,1H3. The van der Waals surface area contributed by atoms with Gasteiger partial charge in [0.1, 0.15) is 5.75 Å². The van der Waals surface area contributed by atoms with Crippen LogP contribution >= 0.6 is 11.6 Å². The summed E-state index contributed by atoms with van der Waals surface area (Å²) in [6, 6.07) is 6.00. The molecule has 1 unspecified atom stereocenters. The molecule has 4 nitrogen and oxygen atoms in total. The smallest absolute Gasteiger partial charge is 0.318 e. The fraction of sp³-hybridized carbons (Fsp3) is 0.357. The van der Waals surface area contributed by atoms with Crippen LogP contribution in [0.4, 0.5) is 0 Å². The van der Waals surface area contributed by atoms with E-state index < -0.39 is 5.18 Å². The number of hydrogen-bond donors (Lipinski definition) is 2. The zero-order valence-corrected chi connectivity index (χ0v) is 11.3. The van der Waals surface area contributed by atoms with Gasteiger partial charge < -0.3 is 10.2 Å². The van der Waals surface area contributed by atoms with Gasteiger partial charge in [0, 0.05) is 12.3 Å². The number of hydrogen-bond acceptors (Lipinski definition) is 4. The summed E-state index contributed by atoms with van der Waals surface area (Å²) in [4.78, 5) is 11.9. The van der Waals surface area contributed by atoms with E-state index in [1.54, 1.807) is 0 Å². The summed E-state index contributed by atoms with van der Waals surface area (Å²) in [7, 11) is 0. The maximum Gasteiger partial charge on any atom is 0.318 e. The van der Waals surface area contributed by atoms with E-state index in [0.29, 0.717) is 11.7 Å². The van der Waals surface area contributed by atoms with Gasteiger partial charge in [0.25, 0.3) is 0 Å². The second kappa shape index (κ2) is 4.54. The van der Waals surface area contributed by atoms with E-state index in [-0.39, 0.29) is 5.78 Å². The highest BCUT2D eigenvalue weighted by Crippen LogP contribution is 2.46.